The molecule has 98 valence electrons. The fourth-order valence-corrected chi connectivity index (χ4v) is 3.28. The molecule has 1 unspecified atom stereocenters. The first-order chi connectivity index (χ1) is 8.16. The zero-order chi connectivity index (χ0) is 12.0. The monoisotopic (exact) mass is 378 g/mol. The first kappa shape index (κ1) is 14.2. The number of nitrogens with zero attached hydrogens (tertiary/aromatic N) is 3. The van der Waals surface area contributed by atoms with Crippen molar-refractivity contribution in [3.8, 4) is 0 Å². The van der Waals surface area contributed by atoms with E-state index in [2.05, 4.69) is 52.8 Å². The lowest BCUT2D eigenvalue weighted by atomic mass is 9.77. The highest BCUT2D eigenvalue weighted by Gasteiger charge is 2.40. The minimum Gasteiger partial charge on any atom is -1.00 e. The van der Waals surface area contributed by atoms with Crippen molar-refractivity contribution in [2.75, 3.05) is 14.1 Å². The second-order valence-electron chi connectivity index (χ2n) is 4.99. The quantitative estimate of drug-likeness (QED) is 0.429. The number of allylic oxidation sites excluding steroid dienone is 2. The van der Waals surface area contributed by atoms with Crippen molar-refractivity contribution in [1.82, 2.24) is 4.90 Å². The van der Waals surface area contributed by atoms with Crippen molar-refractivity contribution in [2.45, 2.75) is 18.9 Å². The van der Waals surface area contributed by atoms with E-state index in [9.17, 15) is 0 Å². The predicted molar refractivity (Wildman–Crippen MR) is 77.3 cm³/mol. The maximum Gasteiger partial charge on any atom is 0.272 e. The van der Waals surface area contributed by atoms with Crippen molar-refractivity contribution in [1.29, 1.82) is 0 Å². The average molecular weight is 379 g/mol. The van der Waals surface area contributed by atoms with Crippen LogP contribution in [-0.4, -0.2) is 35.1 Å². The van der Waals surface area contributed by atoms with Gasteiger partial charge < -0.3 is 17.3 Å². The number of halogens is 2. The molecule has 18 heavy (non-hydrogen) atoms. The summed E-state index contributed by atoms with van der Waals surface area (Å²) in [5, 5.41) is 0. The summed E-state index contributed by atoms with van der Waals surface area (Å²) >= 11 is 2.32. The number of rotatable bonds is 2. The van der Waals surface area contributed by atoms with Crippen LogP contribution in [0.4, 0.5) is 0 Å². The highest BCUT2D eigenvalue weighted by atomic mass is 127. The topological polar surface area (TPSA) is 32.4 Å². The Morgan fingerprint density at radius 1 is 1.39 bits per heavy atom. The van der Waals surface area contributed by atoms with Crippen LogP contribution in [0.5, 0.6) is 0 Å². The normalized spacial score (nSPS) is 33.1. The van der Waals surface area contributed by atoms with Crippen LogP contribution in [0, 0.1) is 5.92 Å². The van der Waals surface area contributed by atoms with Gasteiger partial charge in [-0.05, 0) is 26.9 Å². The van der Waals surface area contributed by atoms with Gasteiger partial charge in [0.15, 0.2) is 5.70 Å². The first-order valence-electron chi connectivity index (χ1n) is 5.89. The van der Waals surface area contributed by atoms with E-state index in [1.807, 2.05) is 12.4 Å². The highest BCUT2D eigenvalue weighted by Crippen LogP contribution is 2.38. The smallest absolute Gasteiger partial charge is 0.272 e. The van der Waals surface area contributed by atoms with E-state index in [-0.39, 0.29) is 12.4 Å². The van der Waals surface area contributed by atoms with Crippen LogP contribution in [-0.2, 0) is 0 Å². The van der Waals surface area contributed by atoms with Crippen molar-refractivity contribution in [2.24, 2.45) is 15.9 Å². The fraction of sp³-hybridized carbons (Fsp3) is 0.500. The lowest BCUT2D eigenvalue weighted by Gasteiger charge is -2.39. The molecule has 1 fully saturated rings. The van der Waals surface area contributed by atoms with E-state index >= 15 is 0 Å². The highest BCUT2D eigenvalue weighted by molar-refractivity contribution is 14.1. The van der Waals surface area contributed by atoms with E-state index in [0.29, 0.717) is 5.92 Å². The van der Waals surface area contributed by atoms with Crippen LogP contribution < -0.4 is 17.3 Å². The molecule has 0 saturated heterocycles. The van der Waals surface area contributed by atoms with Gasteiger partial charge in [-0.2, -0.15) is 4.99 Å². The molecule has 0 aromatic rings. The van der Waals surface area contributed by atoms with E-state index in [1.54, 1.807) is 0 Å². The van der Waals surface area contributed by atoms with Crippen molar-refractivity contribution in [3.63, 3.8) is 0 Å². The van der Waals surface area contributed by atoms with Gasteiger partial charge in [0.05, 0.1) is 35.0 Å². The van der Waals surface area contributed by atoms with Gasteiger partial charge in [-0.25, -0.2) is 4.90 Å². The third-order valence-electron chi connectivity index (χ3n) is 3.77. The van der Waals surface area contributed by atoms with E-state index in [0.717, 1.165) is 9.88 Å². The summed E-state index contributed by atoms with van der Waals surface area (Å²) in [4.78, 5) is 12.5. The molecule has 0 bridgehead atoms. The van der Waals surface area contributed by atoms with Crippen molar-refractivity contribution < 1.29 is 17.3 Å². The van der Waals surface area contributed by atoms with E-state index in [4.69, 9.17) is 4.99 Å². The molecule has 3 aliphatic rings. The number of fused-ring (bicyclic) bond motifs is 1. The van der Waals surface area contributed by atoms with Crippen LogP contribution in [0.15, 0.2) is 33.8 Å². The standard InChI is InChI=1S/C12H15IN4.ClH/c1-16(2)9-5-8(6-9)11-10-7-14-3-4-17(10)12(13)15-11;/h3-4,7-9H,5-6H2,1-2H3;1H. The Kier molecular flexibility index (Phi) is 4.25. The Morgan fingerprint density at radius 3 is 2.78 bits per heavy atom. The molecule has 0 radical (unpaired) electrons. The van der Waals surface area contributed by atoms with Crippen molar-refractivity contribution >= 4 is 32.6 Å². The summed E-state index contributed by atoms with van der Waals surface area (Å²) in [5.74, 6) is 0.623. The molecule has 1 N–H and O–H groups in total. The Hall–Kier alpha value is -0.240. The van der Waals surface area contributed by atoms with Gasteiger partial charge in [0.25, 0.3) is 3.84 Å². The molecule has 2 aliphatic heterocycles. The summed E-state index contributed by atoms with van der Waals surface area (Å²) < 4.78 is 1.11. The first-order valence-corrected chi connectivity index (χ1v) is 6.97. The zero-order valence-corrected chi connectivity index (χ0v) is 13.3. The average Bonchev–Trinajstić information content (AvgIpc) is 2.55. The van der Waals surface area contributed by atoms with Gasteiger partial charge in [0.1, 0.15) is 11.9 Å². The lowest BCUT2D eigenvalue weighted by Crippen LogP contribution is -3.07. The largest absolute Gasteiger partial charge is 1.00 e. The van der Waals surface area contributed by atoms with Gasteiger partial charge in [-0.15, -0.1) is 0 Å². The molecular formula is C12H16ClIN4. The van der Waals surface area contributed by atoms with Gasteiger partial charge in [-0.1, -0.05) is 0 Å². The predicted octanol–water partition coefficient (Wildman–Crippen LogP) is -2.21. The third-order valence-corrected chi connectivity index (χ3v) is 4.59. The van der Waals surface area contributed by atoms with Gasteiger partial charge >= 0.3 is 0 Å². The van der Waals surface area contributed by atoms with Crippen LogP contribution in [0.2, 0.25) is 0 Å². The molecule has 0 amide bonds. The number of hydrogen-bond acceptors (Lipinski definition) is 3. The molecular weight excluding hydrogens is 363 g/mol. The summed E-state index contributed by atoms with van der Waals surface area (Å²) in [6.07, 6.45) is 8.33. The zero-order valence-electron chi connectivity index (χ0n) is 10.4. The summed E-state index contributed by atoms with van der Waals surface area (Å²) in [7, 11) is 4.31. The Balaban J connectivity index is 0.00000120. The molecule has 1 saturated carbocycles. The summed E-state index contributed by atoms with van der Waals surface area (Å²) in [5.41, 5.74) is 2.51. The number of quaternary nitrogens is 1. The Morgan fingerprint density at radius 2 is 2.11 bits per heavy atom. The van der Waals surface area contributed by atoms with Crippen molar-refractivity contribution in [3.05, 3.63) is 23.8 Å². The number of amidine groups is 1. The molecule has 0 spiro atoms. The second-order valence-corrected chi connectivity index (χ2v) is 6.02. The molecule has 4 nitrogen and oxygen atoms in total. The number of nitrogens with one attached hydrogen (secondary N) is 1. The maximum absolute atomic E-state index is 4.73. The number of hydrogen-bond donors (Lipinski definition) is 1. The van der Waals surface area contributed by atoms with Gasteiger partial charge in [0.2, 0.25) is 0 Å². The second kappa shape index (κ2) is 5.40. The van der Waals surface area contributed by atoms with E-state index < -0.39 is 0 Å². The van der Waals surface area contributed by atoms with Gasteiger partial charge in [0, 0.05) is 12.0 Å². The Bertz CT molecular complexity index is 461. The third kappa shape index (κ3) is 2.29. The molecule has 0 aromatic carbocycles. The summed E-state index contributed by atoms with van der Waals surface area (Å²) in [6, 6.07) is 0.723. The number of aliphatic imine (C=N–C) groups is 2. The van der Waals surface area contributed by atoms with Crippen LogP contribution in [0.1, 0.15) is 12.8 Å². The Labute approximate surface area is 127 Å². The van der Waals surface area contributed by atoms with Crippen LogP contribution in [0.25, 0.3) is 0 Å². The minimum atomic E-state index is 0. The molecule has 3 rings (SSSR count). The molecule has 1 atom stereocenters. The molecule has 6 heteroatoms. The van der Waals surface area contributed by atoms with Crippen LogP contribution >= 0.6 is 22.6 Å². The van der Waals surface area contributed by atoms with Crippen LogP contribution in [0.3, 0.4) is 0 Å². The van der Waals surface area contributed by atoms with E-state index in [1.165, 1.54) is 29.1 Å². The molecule has 2 heterocycles. The minimum absolute atomic E-state index is 0. The SMILES string of the molecule is CN(C)C1CC(C2=C3C=NC=C[NH+]3C(I)=N2)C1.[Cl-]. The maximum atomic E-state index is 4.73. The fourth-order valence-electron chi connectivity index (χ4n) is 2.55. The summed E-state index contributed by atoms with van der Waals surface area (Å²) in [6.45, 7) is 0. The van der Waals surface area contributed by atoms with Gasteiger partial charge in [-0.3, -0.25) is 4.99 Å². The lowest BCUT2D eigenvalue weighted by molar-refractivity contribution is -0.684. The molecule has 0 aromatic heterocycles. The molecule has 1 aliphatic carbocycles.